The van der Waals surface area contributed by atoms with Crippen molar-refractivity contribution >= 4 is 34.9 Å². The summed E-state index contributed by atoms with van der Waals surface area (Å²) < 4.78 is 1.15. The number of Topliss-reactive ketones (excluding diaryl/α,β-unsaturated/α-hetero) is 1. The van der Waals surface area contributed by atoms with Crippen LogP contribution in [0.5, 0.6) is 0 Å². The molecule has 5 nitrogen and oxygen atoms in total. The molecule has 7 heteroatoms. The van der Waals surface area contributed by atoms with E-state index in [1.165, 1.54) is 24.4 Å². The third kappa shape index (κ3) is 3.62. The van der Waals surface area contributed by atoms with Crippen molar-refractivity contribution in [3.05, 3.63) is 68.6 Å². The Balaban J connectivity index is 2.09. The molecular formula is C18H16Cl2N2O3. The fourth-order valence-corrected chi connectivity index (χ4v) is 3.34. The van der Waals surface area contributed by atoms with Gasteiger partial charge in [0.1, 0.15) is 0 Å². The molecule has 25 heavy (non-hydrogen) atoms. The molecule has 1 aromatic carbocycles. The number of amides is 1. The molecule has 2 aromatic rings. The number of benzene rings is 1. The van der Waals surface area contributed by atoms with Crippen LogP contribution in [0.15, 0.2) is 47.4 Å². The molecule has 0 aliphatic carbocycles. The Labute approximate surface area is 154 Å². The SMILES string of the molecule is O=C(c1cc(Cl)ccc1Cl)[C@H](C(=O)N1CCCC1)n1ccccc1=O. The van der Waals surface area contributed by atoms with Crippen LogP contribution < -0.4 is 5.56 Å². The van der Waals surface area contributed by atoms with E-state index in [9.17, 15) is 14.4 Å². The van der Waals surface area contributed by atoms with Crippen molar-refractivity contribution in [2.24, 2.45) is 0 Å². The summed E-state index contributed by atoms with van der Waals surface area (Å²) in [4.78, 5) is 40.0. The first-order chi connectivity index (χ1) is 12.0. The molecule has 0 radical (unpaired) electrons. The van der Waals surface area contributed by atoms with E-state index in [-0.39, 0.29) is 10.6 Å². The van der Waals surface area contributed by atoms with Gasteiger partial charge in [-0.25, -0.2) is 0 Å². The van der Waals surface area contributed by atoms with Crippen molar-refractivity contribution in [3.63, 3.8) is 0 Å². The second-order valence-electron chi connectivity index (χ2n) is 5.87. The van der Waals surface area contributed by atoms with E-state index in [0.29, 0.717) is 18.1 Å². The summed E-state index contributed by atoms with van der Waals surface area (Å²) >= 11 is 12.1. The van der Waals surface area contributed by atoms with Crippen LogP contribution >= 0.6 is 23.2 Å². The van der Waals surface area contributed by atoms with Gasteiger partial charge in [-0.1, -0.05) is 29.3 Å². The van der Waals surface area contributed by atoms with Gasteiger partial charge in [0, 0.05) is 35.9 Å². The Kier molecular flexibility index (Phi) is 5.25. The average Bonchev–Trinajstić information content (AvgIpc) is 3.13. The zero-order valence-electron chi connectivity index (χ0n) is 13.3. The number of aromatic nitrogens is 1. The molecule has 0 saturated carbocycles. The standard InChI is InChI=1S/C18H16Cl2N2O3/c19-12-6-7-14(20)13(11-12)17(24)16(18(25)21-8-3-4-9-21)22-10-2-1-5-15(22)23/h1-2,5-7,10-11,16H,3-4,8-9H2/t16-/m1/s1. The number of pyridine rings is 1. The summed E-state index contributed by atoms with van der Waals surface area (Å²) in [6, 6.07) is 7.69. The van der Waals surface area contributed by atoms with Crippen molar-refractivity contribution < 1.29 is 9.59 Å². The van der Waals surface area contributed by atoms with E-state index < -0.39 is 23.3 Å². The number of hydrogen-bond donors (Lipinski definition) is 0. The minimum Gasteiger partial charge on any atom is -0.340 e. The predicted molar refractivity (Wildman–Crippen MR) is 96.3 cm³/mol. The van der Waals surface area contributed by atoms with Crippen LogP contribution in [0.2, 0.25) is 10.0 Å². The van der Waals surface area contributed by atoms with E-state index in [1.807, 2.05) is 0 Å². The molecule has 0 unspecified atom stereocenters. The van der Waals surface area contributed by atoms with Gasteiger partial charge in [0.15, 0.2) is 11.8 Å². The molecule has 0 spiro atoms. The lowest BCUT2D eigenvalue weighted by Crippen LogP contribution is -2.42. The van der Waals surface area contributed by atoms with Crippen LogP contribution in [0.1, 0.15) is 29.2 Å². The summed E-state index contributed by atoms with van der Waals surface area (Å²) in [5.41, 5.74) is -0.297. The van der Waals surface area contributed by atoms with Gasteiger partial charge in [0.2, 0.25) is 0 Å². The maximum Gasteiger partial charge on any atom is 0.253 e. The van der Waals surface area contributed by atoms with Gasteiger partial charge in [-0.3, -0.25) is 19.0 Å². The Morgan fingerprint density at radius 2 is 1.76 bits per heavy atom. The smallest absolute Gasteiger partial charge is 0.253 e. The van der Waals surface area contributed by atoms with Crippen molar-refractivity contribution in [3.8, 4) is 0 Å². The highest BCUT2D eigenvalue weighted by atomic mass is 35.5. The number of hydrogen-bond acceptors (Lipinski definition) is 3. The molecule has 3 rings (SSSR count). The lowest BCUT2D eigenvalue weighted by Gasteiger charge is -2.24. The Morgan fingerprint density at radius 1 is 1.04 bits per heavy atom. The average molecular weight is 379 g/mol. The number of halogens is 2. The lowest BCUT2D eigenvalue weighted by atomic mass is 10.0. The van der Waals surface area contributed by atoms with Gasteiger partial charge in [-0.05, 0) is 37.1 Å². The first kappa shape index (κ1) is 17.7. The maximum atomic E-state index is 13.1. The summed E-state index contributed by atoms with van der Waals surface area (Å²) in [7, 11) is 0. The predicted octanol–water partition coefficient (Wildman–Crippen LogP) is 3.20. The molecular weight excluding hydrogens is 363 g/mol. The molecule has 1 amide bonds. The van der Waals surface area contributed by atoms with Crippen LogP contribution in [-0.2, 0) is 4.79 Å². The Hall–Kier alpha value is -2.11. The number of nitrogens with zero attached hydrogens (tertiary/aromatic N) is 2. The fourth-order valence-electron chi connectivity index (χ4n) is 2.95. The second kappa shape index (κ2) is 7.42. The van der Waals surface area contributed by atoms with E-state index in [4.69, 9.17) is 23.2 Å². The number of carbonyl (C=O) groups is 2. The molecule has 1 aromatic heterocycles. The quantitative estimate of drug-likeness (QED) is 0.606. The largest absolute Gasteiger partial charge is 0.340 e. The third-order valence-electron chi connectivity index (χ3n) is 4.22. The highest BCUT2D eigenvalue weighted by molar-refractivity contribution is 6.36. The molecule has 1 aliphatic heterocycles. The second-order valence-corrected chi connectivity index (χ2v) is 6.71. The van der Waals surface area contributed by atoms with E-state index in [1.54, 1.807) is 23.1 Å². The number of carbonyl (C=O) groups excluding carboxylic acids is 2. The van der Waals surface area contributed by atoms with Crippen LogP contribution in [0.4, 0.5) is 0 Å². The van der Waals surface area contributed by atoms with Crippen LogP contribution in [0.3, 0.4) is 0 Å². The summed E-state index contributed by atoms with van der Waals surface area (Å²) in [5.74, 6) is -0.940. The van der Waals surface area contributed by atoms with Gasteiger partial charge < -0.3 is 4.90 Å². The third-order valence-corrected chi connectivity index (χ3v) is 4.79. The zero-order valence-corrected chi connectivity index (χ0v) is 14.8. The fraction of sp³-hybridized carbons (Fsp3) is 0.278. The normalized spacial score (nSPS) is 15.2. The number of likely N-dealkylation sites (tertiary alicyclic amines) is 1. The minimum absolute atomic E-state index is 0.127. The maximum absolute atomic E-state index is 13.1. The van der Waals surface area contributed by atoms with E-state index >= 15 is 0 Å². The van der Waals surface area contributed by atoms with Crippen LogP contribution in [0, 0.1) is 0 Å². The summed E-state index contributed by atoms with van der Waals surface area (Å²) in [6.45, 7) is 1.15. The zero-order chi connectivity index (χ0) is 18.0. The van der Waals surface area contributed by atoms with Gasteiger partial charge in [-0.15, -0.1) is 0 Å². The summed E-state index contributed by atoms with van der Waals surface area (Å²) in [6.07, 6.45) is 3.21. The van der Waals surface area contributed by atoms with Crippen LogP contribution in [0.25, 0.3) is 0 Å². The number of rotatable bonds is 4. The van der Waals surface area contributed by atoms with Crippen molar-refractivity contribution in [2.45, 2.75) is 18.9 Å². The van der Waals surface area contributed by atoms with Crippen LogP contribution in [-0.4, -0.2) is 34.2 Å². The molecule has 1 aliphatic rings. The monoisotopic (exact) mass is 378 g/mol. The highest BCUT2D eigenvalue weighted by Crippen LogP contribution is 2.26. The molecule has 1 atom stereocenters. The van der Waals surface area contributed by atoms with Crippen molar-refractivity contribution in [2.75, 3.05) is 13.1 Å². The lowest BCUT2D eigenvalue weighted by molar-refractivity contribution is -0.132. The number of ketones is 1. The minimum atomic E-state index is -1.29. The molecule has 0 N–H and O–H groups in total. The molecule has 1 fully saturated rings. The van der Waals surface area contributed by atoms with Crippen molar-refractivity contribution in [1.29, 1.82) is 0 Å². The van der Waals surface area contributed by atoms with Gasteiger partial charge >= 0.3 is 0 Å². The van der Waals surface area contributed by atoms with Crippen molar-refractivity contribution in [1.82, 2.24) is 9.47 Å². The Bertz CT molecular complexity index is 873. The molecule has 0 bridgehead atoms. The topological polar surface area (TPSA) is 59.4 Å². The molecule has 2 heterocycles. The van der Waals surface area contributed by atoms with E-state index in [0.717, 1.165) is 17.4 Å². The van der Waals surface area contributed by atoms with Gasteiger partial charge in [-0.2, -0.15) is 0 Å². The Morgan fingerprint density at radius 3 is 2.44 bits per heavy atom. The first-order valence-corrected chi connectivity index (χ1v) is 8.70. The van der Waals surface area contributed by atoms with E-state index in [2.05, 4.69) is 0 Å². The molecule has 130 valence electrons. The summed E-state index contributed by atoms with van der Waals surface area (Å²) in [5, 5.41) is 0.526. The highest BCUT2D eigenvalue weighted by Gasteiger charge is 2.35. The van der Waals surface area contributed by atoms with Gasteiger partial charge in [0.05, 0.1) is 5.02 Å². The molecule has 1 saturated heterocycles. The first-order valence-electron chi connectivity index (χ1n) is 7.94. The van der Waals surface area contributed by atoms with Gasteiger partial charge in [0.25, 0.3) is 11.5 Å².